The Morgan fingerprint density at radius 2 is 1.95 bits per heavy atom. The molecule has 2 nitrogen and oxygen atoms in total. The summed E-state index contributed by atoms with van der Waals surface area (Å²) in [7, 11) is 0. The first-order chi connectivity index (χ1) is 8.90. The lowest BCUT2D eigenvalue weighted by molar-refractivity contribution is 0.808. The summed E-state index contributed by atoms with van der Waals surface area (Å²) in [5, 5.41) is 0.516. The Morgan fingerprint density at radius 1 is 1.26 bits per heavy atom. The molecule has 0 fully saturated rings. The molecule has 0 radical (unpaired) electrons. The molecule has 0 aliphatic carbocycles. The van der Waals surface area contributed by atoms with Crippen molar-refractivity contribution in [3.05, 3.63) is 42.7 Å². The Kier molecular flexibility index (Phi) is 4.84. The number of hydrogen-bond acceptors (Lipinski definition) is 2. The fourth-order valence-electron chi connectivity index (χ4n) is 1.74. The fourth-order valence-corrected chi connectivity index (χ4v) is 3.45. The van der Waals surface area contributed by atoms with E-state index in [1.165, 1.54) is 5.56 Å². The molecule has 0 unspecified atom stereocenters. The quantitative estimate of drug-likeness (QED) is 0.439. The van der Waals surface area contributed by atoms with Crippen molar-refractivity contribution in [2.24, 2.45) is 0 Å². The number of benzene rings is 1. The first-order valence-corrected chi connectivity index (χ1v) is 8.14. The number of rotatable bonds is 2. The van der Waals surface area contributed by atoms with Gasteiger partial charge >= 0.3 is 0 Å². The van der Waals surface area contributed by atoms with Crippen LogP contribution in [-0.2, 0) is 0 Å². The molecule has 1 aromatic heterocycles. The Labute approximate surface area is 140 Å². The van der Waals surface area contributed by atoms with E-state index < -0.39 is 0 Å². The molecule has 1 heterocycles. The molecule has 0 saturated heterocycles. The predicted molar refractivity (Wildman–Crippen MR) is 91.7 cm³/mol. The molecular formula is C14H13BrClIN2. The third kappa shape index (κ3) is 3.28. The average Bonchev–Trinajstić information content (AvgIpc) is 2.32. The molecule has 0 bridgehead atoms. The van der Waals surface area contributed by atoms with Gasteiger partial charge in [0.15, 0.2) is 5.82 Å². The monoisotopic (exact) mass is 450 g/mol. The van der Waals surface area contributed by atoms with E-state index in [2.05, 4.69) is 75.3 Å². The Hall–Kier alpha value is -0.200. The smallest absolute Gasteiger partial charge is 0.162 e. The van der Waals surface area contributed by atoms with E-state index in [4.69, 9.17) is 11.6 Å². The maximum absolute atomic E-state index is 6.22. The number of aryl methyl sites for hydroxylation is 1. The molecule has 1 aromatic carbocycles. The third-order valence-electron chi connectivity index (χ3n) is 2.75. The van der Waals surface area contributed by atoms with Gasteiger partial charge in [-0.3, -0.25) is 0 Å². The van der Waals surface area contributed by atoms with E-state index in [1.807, 2.05) is 12.1 Å². The van der Waals surface area contributed by atoms with Gasteiger partial charge in [0.2, 0.25) is 0 Å². The summed E-state index contributed by atoms with van der Waals surface area (Å²) in [6.07, 6.45) is 0. The van der Waals surface area contributed by atoms with Gasteiger partial charge in [-0.1, -0.05) is 47.4 Å². The van der Waals surface area contributed by atoms with Crippen LogP contribution in [0.4, 0.5) is 0 Å². The number of aromatic nitrogens is 2. The summed E-state index contributed by atoms with van der Waals surface area (Å²) in [6.45, 7) is 6.26. The maximum Gasteiger partial charge on any atom is 0.162 e. The summed E-state index contributed by atoms with van der Waals surface area (Å²) in [5.74, 6) is 0.983. The van der Waals surface area contributed by atoms with Crippen LogP contribution in [0.15, 0.2) is 22.7 Å². The molecule has 0 aliphatic rings. The molecule has 0 atom stereocenters. The zero-order chi connectivity index (χ0) is 14.2. The molecular weight excluding hydrogens is 438 g/mol. The van der Waals surface area contributed by atoms with Gasteiger partial charge in [0, 0.05) is 10.0 Å². The minimum Gasteiger partial charge on any atom is -0.232 e. The second-order valence-corrected chi connectivity index (χ2v) is 6.97. The van der Waals surface area contributed by atoms with Crippen LogP contribution in [0.1, 0.15) is 31.0 Å². The highest BCUT2D eigenvalue weighted by Gasteiger charge is 2.15. The van der Waals surface area contributed by atoms with Crippen molar-refractivity contribution in [3.63, 3.8) is 0 Å². The lowest BCUT2D eigenvalue weighted by atomic mass is 10.1. The van der Waals surface area contributed by atoms with Gasteiger partial charge in [0.1, 0.15) is 5.15 Å². The summed E-state index contributed by atoms with van der Waals surface area (Å²) >= 11 is 12.0. The first-order valence-electron chi connectivity index (χ1n) is 5.89. The summed E-state index contributed by atoms with van der Waals surface area (Å²) < 4.78 is 1.92. The van der Waals surface area contributed by atoms with Gasteiger partial charge in [-0.2, -0.15) is 0 Å². The Balaban J connectivity index is 2.63. The van der Waals surface area contributed by atoms with Crippen LogP contribution in [0, 0.1) is 10.5 Å². The summed E-state index contributed by atoms with van der Waals surface area (Å²) in [6, 6.07) is 6.12. The molecule has 0 amide bonds. The van der Waals surface area contributed by atoms with Crippen molar-refractivity contribution >= 4 is 50.1 Å². The van der Waals surface area contributed by atoms with E-state index in [9.17, 15) is 0 Å². The molecule has 19 heavy (non-hydrogen) atoms. The zero-order valence-corrected chi connectivity index (χ0v) is 15.3. The van der Waals surface area contributed by atoms with Crippen LogP contribution < -0.4 is 0 Å². The van der Waals surface area contributed by atoms with Crippen molar-refractivity contribution in [3.8, 4) is 11.4 Å². The fraction of sp³-hybridized carbons (Fsp3) is 0.286. The topological polar surface area (TPSA) is 25.8 Å². The minimum atomic E-state index is 0.315. The highest BCUT2D eigenvalue weighted by molar-refractivity contribution is 14.1. The van der Waals surface area contributed by atoms with Gasteiger partial charge in [-0.25, -0.2) is 9.97 Å². The maximum atomic E-state index is 6.22. The largest absolute Gasteiger partial charge is 0.232 e. The van der Waals surface area contributed by atoms with E-state index in [1.54, 1.807) is 0 Å². The zero-order valence-electron chi connectivity index (χ0n) is 10.8. The van der Waals surface area contributed by atoms with Crippen LogP contribution in [0.3, 0.4) is 0 Å². The molecule has 0 aliphatic heterocycles. The number of hydrogen-bond donors (Lipinski definition) is 0. The van der Waals surface area contributed by atoms with Crippen molar-refractivity contribution < 1.29 is 0 Å². The molecule has 5 heteroatoms. The molecule has 100 valence electrons. The number of nitrogens with zero attached hydrogens (tertiary/aromatic N) is 2. The van der Waals surface area contributed by atoms with Gasteiger partial charge in [0.05, 0.1) is 9.26 Å². The average molecular weight is 452 g/mol. The Bertz CT molecular complexity index is 629. The minimum absolute atomic E-state index is 0.315. The van der Waals surface area contributed by atoms with E-state index in [0.717, 1.165) is 19.3 Å². The Morgan fingerprint density at radius 3 is 2.53 bits per heavy atom. The second-order valence-electron chi connectivity index (χ2n) is 4.68. The third-order valence-corrected chi connectivity index (χ3v) is 5.06. The standard InChI is InChI=1S/C14H13BrClIN2/c1-7(2)12-11(17)13(16)19-14(18-12)9-5-4-8(3)6-10(9)15/h4-7H,1-3H3. The number of halogens is 3. The molecule has 0 N–H and O–H groups in total. The van der Waals surface area contributed by atoms with E-state index in [0.29, 0.717) is 16.9 Å². The van der Waals surface area contributed by atoms with Crippen molar-refractivity contribution in [2.45, 2.75) is 26.7 Å². The predicted octanol–water partition coefficient (Wildman–Crippen LogP) is 5.60. The van der Waals surface area contributed by atoms with Crippen LogP contribution in [0.2, 0.25) is 5.15 Å². The van der Waals surface area contributed by atoms with E-state index in [-0.39, 0.29) is 0 Å². The summed E-state index contributed by atoms with van der Waals surface area (Å²) in [4.78, 5) is 9.05. The van der Waals surface area contributed by atoms with Gasteiger partial charge < -0.3 is 0 Å². The van der Waals surface area contributed by atoms with Gasteiger partial charge in [-0.15, -0.1) is 0 Å². The van der Waals surface area contributed by atoms with Crippen molar-refractivity contribution in [1.29, 1.82) is 0 Å². The summed E-state index contributed by atoms with van der Waals surface area (Å²) in [5.41, 5.74) is 3.14. The van der Waals surface area contributed by atoms with Crippen LogP contribution in [0.25, 0.3) is 11.4 Å². The highest BCUT2D eigenvalue weighted by Crippen LogP contribution is 2.31. The second kappa shape index (κ2) is 6.06. The SMILES string of the molecule is Cc1ccc(-c2nc(Cl)c(I)c(C(C)C)n2)c(Br)c1. The highest BCUT2D eigenvalue weighted by atomic mass is 127. The van der Waals surface area contributed by atoms with E-state index >= 15 is 0 Å². The first kappa shape index (κ1) is 15.2. The molecule has 0 spiro atoms. The molecule has 2 rings (SSSR count). The van der Waals surface area contributed by atoms with Crippen molar-refractivity contribution in [2.75, 3.05) is 0 Å². The van der Waals surface area contributed by atoms with Crippen LogP contribution >= 0.6 is 50.1 Å². The lowest BCUT2D eigenvalue weighted by Gasteiger charge is -2.12. The molecule has 2 aromatic rings. The van der Waals surface area contributed by atoms with Gasteiger partial charge in [0.25, 0.3) is 0 Å². The van der Waals surface area contributed by atoms with Gasteiger partial charge in [-0.05, 0) is 53.1 Å². The normalized spacial score (nSPS) is 11.1. The lowest BCUT2D eigenvalue weighted by Crippen LogP contribution is -2.02. The van der Waals surface area contributed by atoms with Crippen molar-refractivity contribution in [1.82, 2.24) is 9.97 Å². The molecule has 0 saturated carbocycles. The van der Waals surface area contributed by atoms with Crippen LogP contribution in [-0.4, -0.2) is 9.97 Å². The van der Waals surface area contributed by atoms with Crippen LogP contribution in [0.5, 0.6) is 0 Å².